The molecule has 8 nitrogen and oxygen atoms in total. The highest BCUT2D eigenvalue weighted by Gasteiger charge is 2.78. The van der Waals surface area contributed by atoms with Crippen molar-refractivity contribution < 1.29 is 18.7 Å². The molecule has 1 N–H and O–H groups in total. The lowest BCUT2D eigenvalue weighted by Crippen LogP contribution is -2.62. The third-order valence-electron chi connectivity index (χ3n) is 8.40. The molecule has 4 aliphatic rings. The van der Waals surface area contributed by atoms with Gasteiger partial charge in [-0.3, -0.25) is 19.4 Å². The van der Waals surface area contributed by atoms with Crippen LogP contribution in [0.5, 0.6) is 5.75 Å². The van der Waals surface area contributed by atoms with E-state index in [1.54, 1.807) is 24.1 Å². The lowest BCUT2D eigenvalue weighted by atomic mass is 9.72. The number of hydrogen-bond donors (Lipinski definition) is 1. The standard InChI is InChI=1S/C29H26FN5O3S/c1-33-15-23(18-7-9-19(30)10-8-18)29(28(33)22-5-3-4-6-24(22)32-25(28)36)26(37)35-17-34(16-31-27(35)39-29)20-11-13-21(38-2)14-12-20/h3-14,23H,15-17H2,1-2H3,(H,32,36). The molecule has 2 amide bonds. The number of para-hydroxylation sites is 1. The van der Waals surface area contributed by atoms with Crippen molar-refractivity contribution in [1.29, 1.82) is 0 Å². The lowest BCUT2D eigenvalue weighted by molar-refractivity contribution is -0.138. The Morgan fingerprint density at radius 3 is 2.54 bits per heavy atom. The minimum absolute atomic E-state index is 0.171. The summed E-state index contributed by atoms with van der Waals surface area (Å²) in [6.45, 7) is 1.12. The van der Waals surface area contributed by atoms with Gasteiger partial charge >= 0.3 is 0 Å². The molecule has 10 heteroatoms. The van der Waals surface area contributed by atoms with Gasteiger partial charge < -0.3 is 15.0 Å². The van der Waals surface area contributed by atoms with Crippen LogP contribution in [0.1, 0.15) is 17.0 Å². The molecule has 3 atom stereocenters. The number of amides is 2. The monoisotopic (exact) mass is 543 g/mol. The number of likely N-dealkylation sites (tertiary alicyclic amines) is 1. The van der Waals surface area contributed by atoms with Gasteiger partial charge in [0.15, 0.2) is 10.7 Å². The van der Waals surface area contributed by atoms with Crippen molar-refractivity contribution in [2.24, 2.45) is 4.99 Å². The fourth-order valence-corrected chi connectivity index (χ4v) is 8.36. The number of fused-ring (bicyclic) bond motifs is 4. The number of likely N-dealkylation sites (N-methyl/N-ethyl adjacent to an activating group) is 1. The number of thioether (sulfide) groups is 1. The van der Waals surface area contributed by atoms with Crippen molar-refractivity contribution in [1.82, 2.24) is 9.80 Å². The van der Waals surface area contributed by atoms with E-state index in [2.05, 4.69) is 5.32 Å². The van der Waals surface area contributed by atoms with E-state index in [9.17, 15) is 14.0 Å². The fraction of sp³-hybridized carbons (Fsp3) is 0.276. The number of methoxy groups -OCH3 is 1. The van der Waals surface area contributed by atoms with Crippen LogP contribution in [0.2, 0.25) is 0 Å². The third kappa shape index (κ3) is 3.12. The first-order valence-corrected chi connectivity index (χ1v) is 13.5. The smallest absolute Gasteiger partial charge is 0.251 e. The first-order valence-electron chi connectivity index (χ1n) is 12.7. The molecule has 198 valence electrons. The SMILES string of the molecule is COc1ccc(N2CN=C3SC4(C(=O)N3C2)C(c2ccc(F)cc2)CN(C)C42C(=O)Nc3ccccc32)cc1. The Morgan fingerprint density at radius 1 is 1.05 bits per heavy atom. The van der Waals surface area contributed by atoms with E-state index in [0.717, 1.165) is 22.6 Å². The van der Waals surface area contributed by atoms with Crippen molar-refractivity contribution in [2.45, 2.75) is 16.2 Å². The number of nitrogens with zero attached hydrogens (tertiary/aromatic N) is 4. The van der Waals surface area contributed by atoms with E-state index >= 15 is 0 Å². The number of ether oxygens (including phenoxy) is 1. The molecule has 39 heavy (non-hydrogen) atoms. The Bertz CT molecular complexity index is 1530. The maximum Gasteiger partial charge on any atom is 0.251 e. The van der Waals surface area contributed by atoms with E-state index in [0.29, 0.717) is 30.7 Å². The van der Waals surface area contributed by atoms with Crippen molar-refractivity contribution in [3.63, 3.8) is 0 Å². The summed E-state index contributed by atoms with van der Waals surface area (Å²) in [5.74, 6) is -0.393. The van der Waals surface area contributed by atoms with E-state index in [-0.39, 0.29) is 23.5 Å². The van der Waals surface area contributed by atoms with Crippen molar-refractivity contribution in [3.05, 3.63) is 89.7 Å². The summed E-state index contributed by atoms with van der Waals surface area (Å²) < 4.78 is 18.0. The van der Waals surface area contributed by atoms with Crippen molar-refractivity contribution in [3.8, 4) is 5.75 Å². The van der Waals surface area contributed by atoms with Crippen LogP contribution in [0, 0.1) is 5.82 Å². The average molecular weight is 544 g/mol. The van der Waals surface area contributed by atoms with Gasteiger partial charge in [-0.05, 0) is 55.1 Å². The molecule has 2 spiro atoms. The number of rotatable bonds is 3. The number of carbonyl (C=O) groups is 2. The second-order valence-corrected chi connectivity index (χ2v) is 11.4. The molecule has 3 aromatic rings. The highest BCUT2D eigenvalue weighted by atomic mass is 32.2. The maximum atomic E-state index is 14.9. The normalized spacial score (nSPS) is 27.7. The molecule has 3 aromatic carbocycles. The summed E-state index contributed by atoms with van der Waals surface area (Å²) in [5.41, 5.74) is 1.93. The van der Waals surface area contributed by atoms with Crippen LogP contribution in [0.4, 0.5) is 15.8 Å². The molecule has 4 heterocycles. The Labute approximate surface area is 229 Å². The Balaban J connectivity index is 1.37. The van der Waals surface area contributed by atoms with Crippen LogP contribution >= 0.6 is 11.8 Å². The second-order valence-electron chi connectivity index (χ2n) is 10.2. The van der Waals surface area contributed by atoms with Gasteiger partial charge in [-0.2, -0.15) is 0 Å². The summed E-state index contributed by atoms with van der Waals surface area (Å²) >= 11 is 1.37. The minimum Gasteiger partial charge on any atom is -0.497 e. The average Bonchev–Trinajstić information content (AvgIpc) is 3.53. The molecular weight excluding hydrogens is 517 g/mol. The molecular formula is C29H26FN5O3S. The predicted molar refractivity (Wildman–Crippen MR) is 148 cm³/mol. The zero-order valence-corrected chi connectivity index (χ0v) is 22.2. The summed E-state index contributed by atoms with van der Waals surface area (Å²) in [4.78, 5) is 39.5. The van der Waals surface area contributed by atoms with Gasteiger partial charge in [-0.15, -0.1) is 0 Å². The van der Waals surface area contributed by atoms with Crippen molar-refractivity contribution >= 4 is 40.1 Å². The maximum absolute atomic E-state index is 14.9. The largest absolute Gasteiger partial charge is 0.497 e. The van der Waals surface area contributed by atoms with Crippen LogP contribution in [-0.4, -0.2) is 65.6 Å². The minimum atomic E-state index is -1.27. The number of halogens is 1. The summed E-state index contributed by atoms with van der Waals surface area (Å²) in [5, 5.41) is 3.65. The molecule has 0 saturated carbocycles. The number of amidine groups is 1. The first-order chi connectivity index (χ1) is 18.9. The second kappa shape index (κ2) is 8.56. The molecule has 0 radical (unpaired) electrons. The van der Waals surface area contributed by atoms with Gasteiger partial charge in [-0.25, -0.2) is 9.38 Å². The molecule has 7 rings (SSSR count). The van der Waals surface area contributed by atoms with Crippen LogP contribution in [0.3, 0.4) is 0 Å². The van der Waals surface area contributed by atoms with Crippen LogP contribution in [0.15, 0.2) is 77.8 Å². The Hall–Kier alpha value is -3.89. The number of aliphatic imine (C=N–C) groups is 1. The van der Waals surface area contributed by atoms with Gasteiger partial charge in [0.25, 0.3) is 5.91 Å². The quantitative estimate of drug-likeness (QED) is 0.542. The molecule has 4 aliphatic heterocycles. The topological polar surface area (TPSA) is 77.5 Å². The summed E-state index contributed by atoms with van der Waals surface area (Å²) in [7, 11) is 3.51. The predicted octanol–water partition coefficient (Wildman–Crippen LogP) is 3.82. The lowest BCUT2D eigenvalue weighted by Gasteiger charge is -2.41. The van der Waals surface area contributed by atoms with Crippen LogP contribution in [0.25, 0.3) is 0 Å². The highest BCUT2D eigenvalue weighted by molar-refractivity contribution is 8.16. The number of carbonyl (C=O) groups excluding carboxylic acids is 2. The van der Waals surface area contributed by atoms with Crippen molar-refractivity contribution in [2.75, 3.05) is 44.3 Å². The van der Waals surface area contributed by atoms with E-state index < -0.39 is 10.3 Å². The van der Waals surface area contributed by atoms with Crippen LogP contribution in [-0.2, 0) is 15.1 Å². The van der Waals surface area contributed by atoms with E-state index in [1.165, 1.54) is 23.9 Å². The molecule has 0 bridgehead atoms. The van der Waals surface area contributed by atoms with Gasteiger partial charge in [-0.1, -0.05) is 42.1 Å². The van der Waals surface area contributed by atoms with Gasteiger partial charge in [0.05, 0.1) is 7.11 Å². The zero-order chi connectivity index (χ0) is 26.9. The Kier molecular flexibility index (Phi) is 5.30. The molecule has 3 unspecified atom stereocenters. The third-order valence-corrected chi connectivity index (χ3v) is 10.0. The molecule has 0 aliphatic carbocycles. The van der Waals surface area contributed by atoms with E-state index in [1.807, 2.05) is 65.4 Å². The zero-order valence-electron chi connectivity index (χ0n) is 21.4. The summed E-state index contributed by atoms with van der Waals surface area (Å²) in [6.07, 6.45) is 0. The number of benzene rings is 3. The number of nitrogens with one attached hydrogen (secondary N) is 1. The van der Waals surface area contributed by atoms with Gasteiger partial charge in [0, 0.05) is 29.4 Å². The van der Waals surface area contributed by atoms with Gasteiger partial charge in [0.1, 0.15) is 29.7 Å². The fourth-order valence-electron chi connectivity index (χ4n) is 6.64. The highest BCUT2D eigenvalue weighted by Crippen LogP contribution is 2.65. The molecule has 0 aromatic heterocycles. The molecule has 2 fully saturated rings. The Morgan fingerprint density at radius 2 is 1.79 bits per heavy atom. The van der Waals surface area contributed by atoms with E-state index in [4.69, 9.17) is 9.73 Å². The number of hydrogen-bond acceptors (Lipinski definition) is 7. The van der Waals surface area contributed by atoms with Gasteiger partial charge in [0.2, 0.25) is 5.91 Å². The first kappa shape index (κ1) is 24.2. The van der Waals surface area contributed by atoms with Crippen LogP contribution < -0.4 is 15.0 Å². The number of anilines is 2. The molecule has 2 saturated heterocycles. The summed E-state index contributed by atoms with van der Waals surface area (Å²) in [6, 6.07) is 21.5.